The first-order chi connectivity index (χ1) is 35.7. The molecule has 0 aliphatic rings. The summed E-state index contributed by atoms with van der Waals surface area (Å²) in [4.78, 5) is 75.5. The first-order valence-electron chi connectivity index (χ1n) is 26.7. The molecule has 3 aromatic rings. The van der Waals surface area contributed by atoms with Crippen LogP contribution in [-0.2, 0) is 31.9 Å². The Morgan fingerprint density at radius 2 is 1.45 bits per heavy atom. The highest BCUT2D eigenvalue weighted by molar-refractivity contribution is 7.11. The molecule has 4 N–H and O–H groups in total. The smallest absolute Gasteiger partial charge is 0.410 e. The lowest BCUT2D eigenvalue weighted by atomic mass is 9.90. The maximum absolute atomic E-state index is 12.4. The van der Waals surface area contributed by atoms with Crippen LogP contribution in [0.3, 0.4) is 0 Å². The third-order valence-corrected chi connectivity index (χ3v) is 13.0. The van der Waals surface area contributed by atoms with Gasteiger partial charge >= 0.3 is 17.8 Å². The summed E-state index contributed by atoms with van der Waals surface area (Å²) >= 11 is 1.94. The molecule has 0 spiro atoms. The zero-order valence-corrected chi connectivity index (χ0v) is 48.9. The van der Waals surface area contributed by atoms with Gasteiger partial charge in [-0.1, -0.05) is 120 Å². The van der Waals surface area contributed by atoms with E-state index in [1.54, 1.807) is 50.8 Å². The van der Waals surface area contributed by atoms with Gasteiger partial charge in [0, 0.05) is 64.3 Å². The number of unbranched alkanes of at least 4 members (excludes halogenated alkanes) is 5. The molecule has 0 aromatic carbocycles. The molecule has 420 valence electrons. The fraction of sp³-hybridized carbons (Fsp3) is 0.550. The van der Waals surface area contributed by atoms with Gasteiger partial charge in [-0.15, -0.1) is 11.3 Å². The van der Waals surface area contributed by atoms with Crippen LogP contribution in [-0.4, -0.2) is 52.5 Å². The Kier molecular flexibility index (Phi) is 40.9. The van der Waals surface area contributed by atoms with Crippen LogP contribution in [0.25, 0.3) is 0 Å². The van der Waals surface area contributed by atoms with Crippen LogP contribution in [0.2, 0.25) is 0 Å². The van der Waals surface area contributed by atoms with E-state index in [1.165, 1.54) is 93.1 Å². The van der Waals surface area contributed by atoms with Crippen LogP contribution in [0.15, 0.2) is 93.3 Å². The number of aromatic nitrogens is 1. The number of methoxy groups -OCH3 is 1. The van der Waals surface area contributed by atoms with E-state index in [0.29, 0.717) is 55.7 Å². The molecule has 0 bridgehead atoms. The van der Waals surface area contributed by atoms with Gasteiger partial charge in [-0.25, -0.2) is 14.4 Å². The Bertz CT molecular complexity index is 2270. The van der Waals surface area contributed by atoms with Gasteiger partial charge < -0.3 is 24.1 Å². The van der Waals surface area contributed by atoms with Gasteiger partial charge in [-0.05, 0) is 126 Å². The normalized spacial score (nSPS) is 12.5. The number of Topliss-reactive ketones (excluding diaryl/α,β-unsaturated/α-hetero) is 2. The van der Waals surface area contributed by atoms with E-state index < -0.39 is 23.6 Å². The van der Waals surface area contributed by atoms with Crippen molar-refractivity contribution in [1.82, 2.24) is 15.6 Å². The van der Waals surface area contributed by atoms with E-state index in [9.17, 15) is 33.9 Å². The zero-order valence-electron chi connectivity index (χ0n) is 48.1. The number of aryl methyl sites for hydroxylation is 4. The Morgan fingerprint density at radius 3 is 1.97 bits per heavy atom. The molecule has 0 fully saturated rings. The number of rotatable bonds is 27. The molecule has 0 aliphatic heterocycles. The van der Waals surface area contributed by atoms with Crippen molar-refractivity contribution < 1.29 is 48.1 Å². The molecule has 3 aromatic heterocycles. The van der Waals surface area contributed by atoms with Crippen molar-refractivity contribution in [2.24, 2.45) is 17.8 Å². The van der Waals surface area contributed by atoms with Gasteiger partial charge in [0.05, 0.1) is 7.11 Å². The first kappa shape index (κ1) is 71.0. The van der Waals surface area contributed by atoms with Crippen LogP contribution in [0.1, 0.15) is 203 Å². The van der Waals surface area contributed by atoms with Gasteiger partial charge in [0.1, 0.15) is 22.8 Å². The number of thiophene rings is 1. The predicted molar refractivity (Wildman–Crippen MR) is 305 cm³/mol. The number of ketones is 2. The second-order valence-corrected chi connectivity index (χ2v) is 19.8. The minimum atomic E-state index is -1.11. The van der Waals surface area contributed by atoms with Gasteiger partial charge in [0.2, 0.25) is 0 Å². The summed E-state index contributed by atoms with van der Waals surface area (Å²) in [6.07, 6.45) is 23.0. The topological polar surface area (TPSA) is 211 Å². The molecule has 3 heterocycles. The number of allylic oxidation sites excluding steroid dienone is 6. The minimum absolute atomic E-state index is 0.0466. The monoisotopic (exact) mass is 1060 g/mol. The number of carbonyl (C=O) groups excluding carboxylic acids is 4. The summed E-state index contributed by atoms with van der Waals surface area (Å²) in [5.74, 6) is -0.441. The summed E-state index contributed by atoms with van der Waals surface area (Å²) in [6, 6.07) is 10.1. The van der Waals surface area contributed by atoms with E-state index in [4.69, 9.17) is 14.3 Å². The van der Waals surface area contributed by atoms with E-state index in [0.717, 1.165) is 12.0 Å². The molecule has 3 unspecified atom stereocenters. The standard InChI is InChI=1S/C19H27NO6.C17H25NO5.C12H19N.C10H16S.C2H6/c1-11(2)13(4)17(22)16-14(21)10-15(26-18(16)23)12(3)8-6-7-9-20-19(24)25-5;1-5-15(20)14(4)13(3)10-16(23-11-19)12(2)8-6-7-9-18-17(21)22;1-3-4-5-6-7-12-9-8-11(2)10-13-12;1-3-4-5-6-10-8-7-9(2)11-10;1-2/h7,9-13,21H,6,8H2,1-5H3,(H,20,24);7,9-12,18H,5-6,8H2,1-4H3,(H,21,22);8-10H,3-7H2,1-2H3;7-8H,3-6H2,1-2H3;1-2H3/b9-7+;9-7+,14-13+,16-10-;;;. The second-order valence-electron chi connectivity index (χ2n) is 18.4. The highest BCUT2D eigenvalue weighted by atomic mass is 32.1. The zero-order chi connectivity index (χ0) is 57.3. The lowest BCUT2D eigenvalue weighted by molar-refractivity contribution is -0.125. The molecular formula is C60H93N3O11S. The number of hydrogen-bond acceptors (Lipinski definition) is 12. The lowest BCUT2D eigenvalue weighted by Gasteiger charge is -2.15. The fourth-order valence-electron chi connectivity index (χ4n) is 6.66. The third-order valence-electron chi connectivity index (χ3n) is 11.9. The summed E-state index contributed by atoms with van der Waals surface area (Å²) in [5.41, 5.74) is 2.80. The van der Waals surface area contributed by atoms with Crippen LogP contribution in [0.4, 0.5) is 9.59 Å². The summed E-state index contributed by atoms with van der Waals surface area (Å²) in [5, 5.41) is 23.1. The average Bonchev–Trinajstić information content (AvgIpc) is 3.81. The molecule has 15 heteroatoms. The molecule has 0 saturated heterocycles. The number of carbonyl (C=O) groups is 5. The van der Waals surface area contributed by atoms with Crippen molar-refractivity contribution in [3.63, 3.8) is 0 Å². The van der Waals surface area contributed by atoms with E-state index >= 15 is 0 Å². The number of alkyl carbamates (subject to hydrolysis) is 1. The van der Waals surface area contributed by atoms with Crippen molar-refractivity contribution in [3.05, 3.63) is 127 Å². The molecule has 14 nitrogen and oxygen atoms in total. The van der Waals surface area contributed by atoms with Crippen molar-refractivity contribution in [1.29, 1.82) is 0 Å². The predicted octanol–water partition coefficient (Wildman–Crippen LogP) is 15.5. The average molecular weight is 1060 g/mol. The van der Waals surface area contributed by atoms with E-state index in [2.05, 4.69) is 72.3 Å². The molecule has 0 radical (unpaired) electrons. The number of pyridine rings is 1. The molecule has 3 rings (SSSR count). The largest absolute Gasteiger partial charge is 0.507 e. The van der Waals surface area contributed by atoms with Gasteiger partial charge in [-0.3, -0.25) is 30.0 Å². The molecule has 0 saturated carbocycles. The first-order valence-corrected chi connectivity index (χ1v) is 27.5. The Hall–Kier alpha value is -6.09. The van der Waals surface area contributed by atoms with E-state index in [1.807, 2.05) is 59.1 Å². The molecule has 3 atom stereocenters. The maximum atomic E-state index is 12.4. The highest BCUT2D eigenvalue weighted by Gasteiger charge is 2.26. The third kappa shape index (κ3) is 32.8. The van der Waals surface area contributed by atoms with Crippen molar-refractivity contribution in [2.45, 2.75) is 193 Å². The minimum Gasteiger partial charge on any atom is -0.507 e. The molecule has 0 aliphatic carbocycles. The summed E-state index contributed by atoms with van der Waals surface area (Å²) in [7, 11) is 1.27. The summed E-state index contributed by atoms with van der Waals surface area (Å²) < 4.78 is 14.7. The van der Waals surface area contributed by atoms with Crippen LogP contribution >= 0.6 is 11.3 Å². The van der Waals surface area contributed by atoms with Crippen LogP contribution in [0.5, 0.6) is 5.75 Å². The van der Waals surface area contributed by atoms with Crippen LogP contribution < -0.4 is 16.3 Å². The van der Waals surface area contributed by atoms with Crippen molar-refractivity contribution >= 4 is 41.6 Å². The lowest BCUT2D eigenvalue weighted by Crippen LogP contribution is -2.24. The molecular weight excluding hydrogens is 971 g/mol. The number of carboxylic acid groups (broad SMARTS) is 1. The molecule has 2 amide bonds. The number of nitrogens with zero attached hydrogens (tertiary/aromatic N) is 1. The summed E-state index contributed by atoms with van der Waals surface area (Å²) in [6.45, 7) is 27.7. The SMILES string of the molecule is CC.CCC(=O)/C(C)=C(C)/C=C(\OC=O)C(C)CC/C=C/NC(=O)O.CCCCCCc1ccc(C)cn1.CCCCCc1ccc(C)s1.COC(=O)N/C=C/CCC(C)c1cc(O)c(C(=O)C(C)C(C)C)c(=O)o1. The van der Waals surface area contributed by atoms with Gasteiger partial charge in [0.25, 0.3) is 6.47 Å². The Labute approximate surface area is 453 Å². The maximum Gasteiger partial charge on any atom is 0.410 e. The number of hydrogen-bond donors (Lipinski definition) is 4. The van der Waals surface area contributed by atoms with Gasteiger partial charge in [0.15, 0.2) is 11.6 Å². The number of aromatic hydroxyl groups is 1. The number of nitrogens with one attached hydrogen (secondary N) is 2. The van der Waals surface area contributed by atoms with Crippen molar-refractivity contribution in [2.75, 3.05) is 7.11 Å². The van der Waals surface area contributed by atoms with Crippen molar-refractivity contribution in [3.8, 4) is 5.75 Å². The number of amides is 2. The fourth-order valence-corrected chi connectivity index (χ4v) is 7.59. The number of ether oxygens (including phenoxy) is 2. The van der Waals surface area contributed by atoms with E-state index in [-0.39, 0.29) is 40.8 Å². The molecule has 75 heavy (non-hydrogen) atoms. The highest BCUT2D eigenvalue weighted by Crippen LogP contribution is 2.27. The Balaban J connectivity index is 0. The van der Waals surface area contributed by atoms with Crippen LogP contribution in [0, 0.1) is 31.6 Å². The van der Waals surface area contributed by atoms with Gasteiger partial charge in [-0.2, -0.15) is 0 Å². The Morgan fingerprint density at radius 1 is 0.840 bits per heavy atom. The quantitative estimate of drug-likeness (QED) is 0.0140. The second kappa shape index (κ2) is 43.2.